The molecule has 3 rings (SSSR count). The summed E-state index contributed by atoms with van der Waals surface area (Å²) in [4.78, 5) is 10.9. The van der Waals surface area contributed by atoms with Crippen LogP contribution in [0.3, 0.4) is 0 Å². The van der Waals surface area contributed by atoms with Crippen LogP contribution in [0.25, 0.3) is 0 Å². The first-order chi connectivity index (χ1) is 13.2. The highest BCUT2D eigenvalue weighted by molar-refractivity contribution is 14.0. The zero-order chi connectivity index (χ0) is 19.1. The Morgan fingerprint density at radius 1 is 1.32 bits per heavy atom. The fourth-order valence-corrected chi connectivity index (χ4v) is 3.36. The van der Waals surface area contributed by atoms with Gasteiger partial charge in [-0.2, -0.15) is 0 Å². The number of aryl methyl sites for hydroxylation is 1. The average molecular weight is 516 g/mol. The molecule has 1 atom stereocenters. The molecular weight excluding hydrogens is 489 g/mol. The number of rotatable bonds is 6. The first kappa shape index (κ1) is 22.5. The Balaban J connectivity index is 0.00000280. The topological polar surface area (TPSA) is 61.8 Å². The molecule has 6 nitrogen and oxygen atoms in total. The van der Waals surface area contributed by atoms with Crippen LogP contribution in [-0.4, -0.2) is 50.3 Å². The molecule has 2 N–H and O–H groups in total. The maximum Gasteiger partial charge on any atom is 0.191 e. The third-order valence-electron chi connectivity index (χ3n) is 4.54. The highest BCUT2D eigenvalue weighted by Crippen LogP contribution is 2.25. The monoisotopic (exact) mass is 515 g/mol. The lowest BCUT2D eigenvalue weighted by molar-refractivity contribution is 0.319. The number of nitrogens with zero attached hydrogens (tertiary/aromatic N) is 3. The lowest BCUT2D eigenvalue weighted by Crippen LogP contribution is -2.45. The van der Waals surface area contributed by atoms with Crippen molar-refractivity contribution in [2.24, 2.45) is 4.99 Å². The predicted molar refractivity (Wildman–Crippen MR) is 126 cm³/mol. The van der Waals surface area contributed by atoms with Crippen molar-refractivity contribution < 1.29 is 4.74 Å². The van der Waals surface area contributed by atoms with Crippen LogP contribution in [0, 0.1) is 6.92 Å². The summed E-state index contributed by atoms with van der Waals surface area (Å²) in [5.41, 5.74) is 1.14. The molecule has 1 aliphatic heterocycles. The Morgan fingerprint density at radius 2 is 2.14 bits per heavy atom. The molecule has 28 heavy (non-hydrogen) atoms. The molecule has 1 aromatic heterocycles. The van der Waals surface area contributed by atoms with Gasteiger partial charge in [-0.25, -0.2) is 4.98 Å². The van der Waals surface area contributed by atoms with E-state index in [9.17, 15) is 0 Å². The average Bonchev–Trinajstić information content (AvgIpc) is 3.14. The van der Waals surface area contributed by atoms with Gasteiger partial charge in [0.1, 0.15) is 18.2 Å². The van der Waals surface area contributed by atoms with E-state index in [2.05, 4.69) is 25.5 Å². The summed E-state index contributed by atoms with van der Waals surface area (Å²) in [5, 5.41) is 7.46. The van der Waals surface area contributed by atoms with Gasteiger partial charge in [-0.05, 0) is 37.1 Å². The Hall–Kier alpha value is -1.74. The zero-order valence-electron chi connectivity index (χ0n) is 16.2. The number of ether oxygens (including phenoxy) is 1. The van der Waals surface area contributed by atoms with E-state index in [0.717, 1.165) is 42.6 Å². The number of para-hydroxylation sites is 1. The van der Waals surface area contributed by atoms with Gasteiger partial charge in [-0.15, -0.1) is 24.0 Å². The Morgan fingerprint density at radius 3 is 2.89 bits per heavy atom. The number of hydrogen-bond donors (Lipinski definition) is 2. The summed E-state index contributed by atoms with van der Waals surface area (Å²) in [6.07, 6.45) is 2.78. The number of anilines is 1. The fraction of sp³-hybridized carbons (Fsp3) is 0.400. The van der Waals surface area contributed by atoms with Crippen LogP contribution >= 0.6 is 35.6 Å². The maximum atomic E-state index is 6.26. The van der Waals surface area contributed by atoms with Crippen molar-refractivity contribution in [2.45, 2.75) is 19.4 Å². The molecule has 0 bridgehead atoms. The molecule has 2 aromatic rings. The van der Waals surface area contributed by atoms with E-state index < -0.39 is 0 Å². The molecule has 0 amide bonds. The summed E-state index contributed by atoms with van der Waals surface area (Å²) in [6, 6.07) is 12.0. The quantitative estimate of drug-likeness (QED) is 0.267. The molecule has 1 aromatic carbocycles. The SMILES string of the molecule is CN=C(NCCOc1ccccc1C)NC1CCN(c2ncccc2Cl)C1.I. The summed E-state index contributed by atoms with van der Waals surface area (Å²) < 4.78 is 5.81. The number of halogens is 2. The largest absolute Gasteiger partial charge is 0.491 e. The van der Waals surface area contributed by atoms with E-state index in [4.69, 9.17) is 16.3 Å². The van der Waals surface area contributed by atoms with Crippen molar-refractivity contribution in [3.63, 3.8) is 0 Å². The lowest BCUT2D eigenvalue weighted by Gasteiger charge is -2.20. The van der Waals surface area contributed by atoms with Crippen molar-refractivity contribution in [1.82, 2.24) is 15.6 Å². The van der Waals surface area contributed by atoms with Gasteiger partial charge < -0.3 is 20.3 Å². The van der Waals surface area contributed by atoms with E-state index in [1.807, 2.05) is 43.3 Å². The van der Waals surface area contributed by atoms with Crippen LogP contribution in [0.1, 0.15) is 12.0 Å². The molecule has 0 spiro atoms. The van der Waals surface area contributed by atoms with Crippen LogP contribution in [0.2, 0.25) is 5.02 Å². The fourth-order valence-electron chi connectivity index (χ4n) is 3.12. The molecule has 0 saturated carbocycles. The van der Waals surface area contributed by atoms with Gasteiger partial charge in [0.25, 0.3) is 0 Å². The number of benzene rings is 1. The molecule has 0 radical (unpaired) electrons. The van der Waals surface area contributed by atoms with Gasteiger partial charge in [0, 0.05) is 32.4 Å². The third kappa shape index (κ3) is 6.13. The second kappa shape index (κ2) is 11.3. The van der Waals surface area contributed by atoms with Gasteiger partial charge in [0.15, 0.2) is 5.96 Å². The minimum absolute atomic E-state index is 0. The third-order valence-corrected chi connectivity index (χ3v) is 4.83. The van der Waals surface area contributed by atoms with E-state index >= 15 is 0 Å². The summed E-state index contributed by atoms with van der Waals surface area (Å²) in [6.45, 7) is 5.06. The second-order valence-corrected chi connectivity index (χ2v) is 6.90. The number of nitrogens with one attached hydrogen (secondary N) is 2. The highest BCUT2D eigenvalue weighted by Gasteiger charge is 2.25. The summed E-state index contributed by atoms with van der Waals surface area (Å²) in [7, 11) is 1.78. The number of aliphatic imine (C=N–C) groups is 1. The first-order valence-electron chi connectivity index (χ1n) is 9.18. The Kier molecular flexibility index (Phi) is 9.11. The van der Waals surface area contributed by atoms with Gasteiger partial charge in [0.2, 0.25) is 0 Å². The van der Waals surface area contributed by atoms with Crippen LogP contribution in [0.4, 0.5) is 5.82 Å². The van der Waals surface area contributed by atoms with E-state index in [1.54, 1.807) is 13.2 Å². The number of pyridine rings is 1. The summed E-state index contributed by atoms with van der Waals surface area (Å²) >= 11 is 6.26. The van der Waals surface area contributed by atoms with Crippen LogP contribution < -0.4 is 20.3 Å². The minimum Gasteiger partial charge on any atom is -0.491 e. The standard InChI is InChI=1S/C20H26ClN5O.HI/c1-15-6-3-4-8-18(15)27-13-11-24-20(22-2)25-16-9-12-26(14-16)19-17(21)7-5-10-23-19;/h3-8,10,16H,9,11-14H2,1-2H3,(H2,22,24,25);1H. The highest BCUT2D eigenvalue weighted by atomic mass is 127. The van der Waals surface area contributed by atoms with Gasteiger partial charge in [0.05, 0.1) is 11.6 Å². The first-order valence-corrected chi connectivity index (χ1v) is 9.56. The smallest absolute Gasteiger partial charge is 0.191 e. The lowest BCUT2D eigenvalue weighted by atomic mass is 10.2. The number of aromatic nitrogens is 1. The molecule has 1 fully saturated rings. The Bertz CT molecular complexity index is 789. The van der Waals surface area contributed by atoms with Crippen molar-refractivity contribution in [3.05, 3.63) is 53.2 Å². The molecule has 152 valence electrons. The molecule has 1 aliphatic rings. The Labute approximate surface area is 188 Å². The number of hydrogen-bond acceptors (Lipinski definition) is 4. The molecule has 8 heteroatoms. The molecule has 1 saturated heterocycles. The second-order valence-electron chi connectivity index (χ2n) is 6.50. The van der Waals surface area contributed by atoms with E-state index in [1.165, 1.54) is 0 Å². The van der Waals surface area contributed by atoms with Crippen LogP contribution in [-0.2, 0) is 0 Å². The molecule has 0 aliphatic carbocycles. The predicted octanol–water partition coefficient (Wildman–Crippen LogP) is 3.48. The normalized spacial score (nSPS) is 16.5. The van der Waals surface area contributed by atoms with Gasteiger partial charge >= 0.3 is 0 Å². The van der Waals surface area contributed by atoms with E-state index in [0.29, 0.717) is 24.2 Å². The number of guanidine groups is 1. The maximum absolute atomic E-state index is 6.26. The molecule has 2 heterocycles. The van der Waals surface area contributed by atoms with E-state index in [-0.39, 0.29) is 24.0 Å². The van der Waals surface area contributed by atoms with Crippen molar-refractivity contribution in [1.29, 1.82) is 0 Å². The van der Waals surface area contributed by atoms with Crippen molar-refractivity contribution >= 4 is 47.4 Å². The van der Waals surface area contributed by atoms with Crippen molar-refractivity contribution in [2.75, 3.05) is 38.2 Å². The van der Waals surface area contributed by atoms with Gasteiger partial charge in [-0.1, -0.05) is 29.8 Å². The molecular formula is C20H27ClIN5O. The van der Waals surface area contributed by atoms with Gasteiger partial charge in [-0.3, -0.25) is 4.99 Å². The molecule has 1 unspecified atom stereocenters. The van der Waals surface area contributed by atoms with Crippen LogP contribution in [0.5, 0.6) is 5.75 Å². The minimum atomic E-state index is 0. The van der Waals surface area contributed by atoms with Crippen LogP contribution in [0.15, 0.2) is 47.6 Å². The summed E-state index contributed by atoms with van der Waals surface area (Å²) in [5.74, 6) is 2.54. The zero-order valence-corrected chi connectivity index (χ0v) is 19.3. The van der Waals surface area contributed by atoms with Crippen molar-refractivity contribution in [3.8, 4) is 5.75 Å².